The van der Waals surface area contributed by atoms with Gasteiger partial charge in [-0.05, 0) is 60.3 Å². The number of ether oxygens (including phenoxy) is 1. The van der Waals surface area contributed by atoms with Crippen molar-refractivity contribution in [1.29, 1.82) is 0 Å². The van der Waals surface area contributed by atoms with Gasteiger partial charge in [0.1, 0.15) is 36.0 Å². The Morgan fingerprint density at radius 1 is 0.586 bits per heavy atom. The topological polar surface area (TPSA) is 272 Å². The van der Waals surface area contributed by atoms with Crippen molar-refractivity contribution < 1.29 is 53.3 Å². The molecule has 6 atom stereocenters. The van der Waals surface area contributed by atoms with Crippen LogP contribution in [0.2, 0.25) is 0 Å². The number of hydrogen-bond acceptors (Lipinski definition) is 9. The molecule has 0 bridgehead atoms. The monoisotopic (exact) mass is 810 g/mol. The number of primary amides is 1. The van der Waals surface area contributed by atoms with Gasteiger partial charge in [0.15, 0.2) is 0 Å². The molecule has 17 nitrogen and oxygen atoms in total. The number of nitrogens with one attached hydrogen (secondary N) is 5. The number of carbonyl (C=O) groups is 8. The molecule has 0 aliphatic carbocycles. The van der Waals surface area contributed by atoms with Crippen molar-refractivity contribution in [2.75, 3.05) is 7.11 Å². The fourth-order valence-corrected chi connectivity index (χ4v) is 6.08. The first-order valence-electron chi connectivity index (χ1n) is 19.1. The molecule has 318 valence electrons. The number of hydrogen-bond donors (Lipinski definition) is 8. The van der Waals surface area contributed by atoms with Crippen molar-refractivity contribution in [3.63, 3.8) is 0 Å². The molecule has 17 heteroatoms. The lowest BCUT2D eigenvalue weighted by Gasteiger charge is -2.29. The highest BCUT2D eigenvalue weighted by molar-refractivity contribution is 5.98. The summed E-state index contributed by atoms with van der Waals surface area (Å²) in [4.78, 5) is 103. The molecule has 0 aromatic heterocycles. The number of carbonyl (C=O) groups excluding carboxylic acids is 6. The first-order valence-corrected chi connectivity index (χ1v) is 19.1. The number of rotatable bonds is 24. The van der Waals surface area contributed by atoms with Crippen LogP contribution in [0.3, 0.4) is 0 Å². The molecular formula is C41H58N6O11. The number of aliphatic carboxylic acids is 2. The van der Waals surface area contributed by atoms with Gasteiger partial charge in [0.25, 0.3) is 0 Å². The third kappa shape index (κ3) is 16.2. The molecule has 58 heavy (non-hydrogen) atoms. The Balaban J connectivity index is 2.29. The van der Waals surface area contributed by atoms with Gasteiger partial charge in [-0.15, -0.1) is 0 Å². The number of methoxy groups -OCH3 is 1. The molecule has 0 aliphatic heterocycles. The molecular weight excluding hydrogens is 752 g/mol. The number of carboxylic acid groups (broad SMARTS) is 2. The highest BCUT2D eigenvalue weighted by Crippen LogP contribution is 2.19. The molecule has 2 aromatic rings. The molecule has 9 N–H and O–H groups in total. The zero-order chi connectivity index (χ0) is 43.7. The fraction of sp³-hybridized carbons (Fsp3) is 0.512. The molecule has 0 fully saturated rings. The van der Waals surface area contributed by atoms with E-state index in [1.54, 1.807) is 60.8 Å². The standard InChI is InChI=1S/C41H58N6O11/c1-22(2)17-31(41(56)57)45-38(53)30(21-33(49)50)43-37(52)29(20-32(42)48)44-39(54)34(23(3)4)47-40(55)35(24(5)6)46-36(51)27(18-25-11-9-8-10-12-25)19-26-13-15-28(58-7)16-14-26/h8-16,22-24,27,29-31,34-35H,17-21H2,1-7H3,(H2,42,48)(H,43,52)(H,44,54)(H,45,53)(H,46,51)(H,47,55)(H,49,50)(H,56,57)/t27?,29-,30-,31-,34-,35+/m0/s1. The predicted molar refractivity (Wildman–Crippen MR) is 213 cm³/mol. The first-order chi connectivity index (χ1) is 27.2. The summed E-state index contributed by atoms with van der Waals surface area (Å²) in [5, 5.41) is 31.3. The number of amides is 6. The van der Waals surface area contributed by atoms with Gasteiger partial charge in [-0.25, -0.2) is 4.79 Å². The third-order valence-electron chi connectivity index (χ3n) is 9.20. The minimum atomic E-state index is -1.79. The Morgan fingerprint density at radius 2 is 1.03 bits per heavy atom. The molecule has 0 radical (unpaired) electrons. The van der Waals surface area contributed by atoms with Gasteiger partial charge in [-0.3, -0.25) is 33.6 Å². The smallest absolute Gasteiger partial charge is 0.326 e. The second kappa shape index (κ2) is 23.3. The summed E-state index contributed by atoms with van der Waals surface area (Å²) in [6, 6.07) is 9.41. The summed E-state index contributed by atoms with van der Waals surface area (Å²) in [6.07, 6.45) is -0.994. The predicted octanol–water partition coefficient (Wildman–Crippen LogP) is 1.31. The Kier molecular flexibility index (Phi) is 19.3. The summed E-state index contributed by atoms with van der Waals surface area (Å²) in [6.45, 7) is 10.1. The van der Waals surface area contributed by atoms with E-state index in [-0.39, 0.29) is 12.3 Å². The van der Waals surface area contributed by atoms with Crippen LogP contribution >= 0.6 is 0 Å². The summed E-state index contributed by atoms with van der Waals surface area (Å²) >= 11 is 0. The van der Waals surface area contributed by atoms with E-state index in [0.29, 0.717) is 18.6 Å². The van der Waals surface area contributed by atoms with E-state index in [9.17, 15) is 48.6 Å². The minimum Gasteiger partial charge on any atom is -0.497 e. The van der Waals surface area contributed by atoms with Crippen molar-refractivity contribution in [1.82, 2.24) is 26.6 Å². The van der Waals surface area contributed by atoms with Crippen LogP contribution in [0.4, 0.5) is 0 Å². The molecule has 1 unspecified atom stereocenters. The Hall–Kier alpha value is -6.00. The van der Waals surface area contributed by atoms with E-state index in [0.717, 1.165) is 11.1 Å². The van der Waals surface area contributed by atoms with Crippen molar-refractivity contribution in [2.24, 2.45) is 29.4 Å². The molecule has 0 aliphatic rings. The fourth-order valence-electron chi connectivity index (χ4n) is 6.08. The average Bonchev–Trinajstić information content (AvgIpc) is 3.14. The Bertz CT molecular complexity index is 1730. The van der Waals surface area contributed by atoms with E-state index in [2.05, 4.69) is 26.6 Å². The van der Waals surface area contributed by atoms with Crippen LogP contribution in [0.1, 0.15) is 71.9 Å². The lowest BCUT2D eigenvalue weighted by molar-refractivity contribution is -0.144. The van der Waals surface area contributed by atoms with Crippen molar-refractivity contribution in [3.05, 3.63) is 65.7 Å². The molecule has 6 amide bonds. The maximum absolute atomic E-state index is 13.9. The van der Waals surface area contributed by atoms with Gasteiger partial charge in [0, 0.05) is 5.92 Å². The zero-order valence-electron chi connectivity index (χ0n) is 34.1. The quantitative estimate of drug-likeness (QED) is 0.0749. The van der Waals surface area contributed by atoms with Crippen LogP contribution in [0, 0.1) is 23.7 Å². The van der Waals surface area contributed by atoms with Gasteiger partial charge in [-0.2, -0.15) is 0 Å². The molecule has 2 rings (SSSR count). The maximum atomic E-state index is 13.9. The highest BCUT2D eigenvalue weighted by atomic mass is 16.5. The van der Waals surface area contributed by atoms with Gasteiger partial charge in [0.05, 0.1) is 20.0 Å². The second-order valence-electron chi connectivity index (χ2n) is 15.3. The molecule has 0 saturated heterocycles. The van der Waals surface area contributed by atoms with E-state index in [1.807, 2.05) is 42.5 Å². The second-order valence-corrected chi connectivity index (χ2v) is 15.3. The van der Waals surface area contributed by atoms with Gasteiger partial charge >= 0.3 is 11.9 Å². The van der Waals surface area contributed by atoms with Crippen LogP contribution in [0.25, 0.3) is 0 Å². The zero-order valence-corrected chi connectivity index (χ0v) is 34.1. The first kappa shape index (κ1) is 48.1. The van der Waals surface area contributed by atoms with E-state index < -0.39 is 108 Å². The van der Waals surface area contributed by atoms with Crippen LogP contribution < -0.4 is 37.1 Å². The Labute approximate surface area is 338 Å². The lowest BCUT2D eigenvalue weighted by atomic mass is 9.90. The van der Waals surface area contributed by atoms with Crippen molar-refractivity contribution in [3.8, 4) is 5.75 Å². The SMILES string of the molecule is COc1ccc(CC(Cc2ccccc2)C(=O)N[C@@H](C(=O)N[C@H](C(=O)N[C@@H](CC(N)=O)C(=O)N[C@@H](CC(=O)O)C(=O)N[C@@H](CC(C)C)C(=O)O)C(C)C)C(C)C)cc1. The van der Waals surface area contributed by atoms with Crippen LogP contribution in [0.15, 0.2) is 54.6 Å². The van der Waals surface area contributed by atoms with Gasteiger partial charge in [-0.1, -0.05) is 84.0 Å². The molecule has 2 aromatic carbocycles. The average molecular weight is 811 g/mol. The highest BCUT2D eigenvalue weighted by Gasteiger charge is 2.36. The summed E-state index contributed by atoms with van der Waals surface area (Å²) in [7, 11) is 1.56. The summed E-state index contributed by atoms with van der Waals surface area (Å²) in [5.41, 5.74) is 7.16. The molecule has 0 saturated carbocycles. The summed E-state index contributed by atoms with van der Waals surface area (Å²) in [5.74, 6) is -9.30. The van der Waals surface area contributed by atoms with Crippen molar-refractivity contribution in [2.45, 2.75) is 104 Å². The van der Waals surface area contributed by atoms with E-state index in [1.165, 1.54) is 0 Å². The number of carboxylic acids is 2. The van der Waals surface area contributed by atoms with Crippen LogP contribution in [-0.2, 0) is 51.2 Å². The summed E-state index contributed by atoms with van der Waals surface area (Å²) < 4.78 is 5.26. The van der Waals surface area contributed by atoms with Gasteiger partial charge < -0.3 is 47.3 Å². The van der Waals surface area contributed by atoms with Crippen LogP contribution in [0.5, 0.6) is 5.75 Å². The van der Waals surface area contributed by atoms with Crippen molar-refractivity contribution >= 4 is 47.4 Å². The van der Waals surface area contributed by atoms with Gasteiger partial charge in [0.2, 0.25) is 35.4 Å². The normalized spacial score (nSPS) is 14.2. The third-order valence-corrected chi connectivity index (χ3v) is 9.20. The van der Waals surface area contributed by atoms with Crippen LogP contribution in [-0.4, -0.2) is 94.9 Å². The number of benzene rings is 2. The maximum Gasteiger partial charge on any atom is 0.326 e. The van der Waals surface area contributed by atoms with E-state index in [4.69, 9.17) is 10.5 Å². The molecule has 0 heterocycles. The Morgan fingerprint density at radius 3 is 1.48 bits per heavy atom. The lowest BCUT2D eigenvalue weighted by Crippen LogP contribution is -2.61. The molecule has 0 spiro atoms. The minimum absolute atomic E-state index is 0.0107. The largest absolute Gasteiger partial charge is 0.497 e. The number of nitrogens with two attached hydrogens (primary N) is 1. The van der Waals surface area contributed by atoms with E-state index >= 15 is 0 Å².